The molecule has 1 atom stereocenters. The summed E-state index contributed by atoms with van der Waals surface area (Å²) < 4.78 is 0. The molecule has 0 amide bonds. The molecule has 0 aliphatic heterocycles. The second kappa shape index (κ2) is 4.89. The normalized spacial score (nSPS) is 13.2. The molecule has 0 heteroatoms. The molecule has 0 saturated carbocycles. The highest BCUT2D eigenvalue weighted by Gasteiger charge is 1.91. The van der Waals surface area contributed by atoms with Crippen LogP contribution in [0.3, 0.4) is 0 Å². The van der Waals surface area contributed by atoms with Crippen LogP contribution in [0.4, 0.5) is 0 Å². The van der Waals surface area contributed by atoms with E-state index in [-0.39, 0.29) is 0 Å². The fourth-order valence-electron chi connectivity index (χ4n) is 0.644. The van der Waals surface area contributed by atoms with E-state index in [9.17, 15) is 0 Å². The van der Waals surface area contributed by atoms with Crippen LogP contribution in [0.15, 0.2) is 12.7 Å². The van der Waals surface area contributed by atoms with Crippen molar-refractivity contribution in [2.75, 3.05) is 0 Å². The molecule has 48 valence electrons. The van der Waals surface area contributed by atoms with E-state index in [0.717, 1.165) is 5.92 Å². The van der Waals surface area contributed by atoms with Crippen LogP contribution in [-0.2, 0) is 0 Å². The van der Waals surface area contributed by atoms with Gasteiger partial charge in [0.25, 0.3) is 0 Å². The van der Waals surface area contributed by atoms with Gasteiger partial charge in [-0.3, -0.25) is 0 Å². The molecule has 0 rings (SSSR count). The summed E-state index contributed by atoms with van der Waals surface area (Å²) in [6, 6.07) is 0. The van der Waals surface area contributed by atoms with Crippen molar-refractivity contribution < 1.29 is 0 Å². The van der Waals surface area contributed by atoms with Crippen LogP contribution < -0.4 is 0 Å². The molecule has 0 aromatic heterocycles. The van der Waals surface area contributed by atoms with E-state index in [2.05, 4.69) is 20.4 Å². The van der Waals surface area contributed by atoms with Crippen LogP contribution >= 0.6 is 0 Å². The van der Waals surface area contributed by atoms with Crippen molar-refractivity contribution >= 4 is 0 Å². The third-order valence-electron chi connectivity index (χ3n) is 1.42. The first-order valence-corrected chi connectivity index (χ1v) is 3.43. The number of unbranched alkanes of at least 4 members (excludes halogenated alkanes) is 1. The minimum Gasteiger partial charge on any atom is -0.103 e. The van der Waals surface area contributed by atoms with Crippen LogP contribution in [0, 0.1) is 5.92 Å². The summed E-state index contributed by atoms with van der Waals surface area (Å²) in [5, 5.41) is 0. The minimum absolute atomic E-state index is 0.718. The van der Waals surface area contributed by atoms with Crippen molar-refractivity contribution in [3.63, 3.8) is 0 Å². The predicted molar refractivity (Wildman–Crippen MR) is 38.9 cm³/mol. The van der Waals surface area contributed by atoms with Crippen LogP contribution in [0.25, 0.3) is 0 Å². The van der Waals surface area contributed by atoms with Gasteiger partial charge >= 0.3 is 0 Å². The lowest BCUT2D eigenvalue weighted by Gasteiger charge is -2.00. The minimum atomic E-state index is 0.718. The molecule has 0 saturated heterocycles. The average Bonchev–Trinajstić information content (AvgIpc) is 1.83. The zero-order valence-electron chi connectivity index (χ0n) is 5.98. The first kappa shape index (κ1) is 7.74. The Bertz CT molecular complexity index is 55.1. The summed E-state index contributed by atoms with van der Waals surface area (Å²) in [4.78, 5) is 0. The Labute approximate surface area is 52.6 Å². The van der Waals surface area contributed by atoms with Crippen LogP contribution in [0.5, 0.6) is 0 Å². The monoisotopic (exact) mass is 112 g/mol. The molecule has 8 heavy (non-hydrogen) atoms. The Balaban J connectivity index is 2.98. The molecule has 0 nitrogen and oxygen atoms in total. The molecule has 0 unspecified atom stereocenters. The van der Waals surface area contributed by atoms with Gasteiger partial charge < -0.3 is 0 Å². The van der Waals surface area contributed by atoms with Gasteiger partial charge in [-0.25, -0.2) is 0 Å². The molecule has 0 aliphatic carbocycles. The Hall–Kier alpha value is -0.260. The molecule has 0 N–H and O–H groups in total. The summed E-state index contributed by atoms with van der Waals surface area (Å²) in [5.41, 5.74) is 0. The second-order valence-corrected chi connectivity index (χ2v) is 2.36. The van der Waals surface area contributed by atoms with Crippen LogP contribution in [0.2, 0.25) is 0 Å². The second-order valence-electron chi connectivity index (χ2n) is 2.36. The van der Waals surface area contributed by atoms with Gasteiger partial charge in [0.15, 0.2) is 0 Å². The predicted octanol–water partition coefficient (Wildman–Crippen LogP) is 3.00. The van der Waals surface area contributed by atoms with E-state index in [1.807, 2.05) is 6.08 Å². The van der Waals surface area contributed by atoms with Gasteiger partial charge in [-0.2, -0.15) is 0 Å². The maximum atomic E-state index is 3.71. The first-order valence-electron chi connectivity index (χ1n) is 3.43. The van der Waals surface area contributed by atoms with E-state index < -0.39 is 0 Å². The van der Waals surface area contributed by atoms with Crippen molar-refractivity contribution in [2.45, 2.75) is 33.1 Å². The third-order valence-corrected chi connectivity index (χ3v) is 1.42. The standard InChI is InChI=1S/C8H16/c1-4-6-7-8(3)5-2/h5,8H,2,4,6-7H2,1,3H3/t8-/m1/s1. The molecule has 0 aromatic rings. The SMILES string of the molecule is C=C[C@@H](C)CCCC. The topological polar surface area (TPSA) is 0 Å². The molecule has 0 aliphatic rings. The lowest BCUT2D eigenvalue weighted by Crippen LogP contribution is -1.86. The summed E-state index contributed by atoms with van der Waals surface area (Å²) in [7, 11) is 0. The first-order chi connectivity index (χ1) is 3.81. The van der Waals surface area contributed by atoms with Gasteiger partial charge in [-0.1, -0.05) is 32.8 Å². The molecule has 0 aromatic carbocycles. The van der Waals surface area contributed by atoms with E-state index in [1.54, 1.807) is 0 Å². The Morgan fingerprint density at radius 3 is 2.62 bits per heavy atom. The Morgan fingerprint density at radius 2 is 2.25 bits per heavy atom. The van der Waals surface area contributed by atoms with Gasteiger partial charge in [0.1, 0.15) is 0 Å². The fraction of sp³-hybridized carbons (Fsp3) is 0.750. The van der Waals surface area contributed by atoms with Crippen molar-refractivity contribution in [2.24, 2.45) is 5.92 Å². The third kappa shape index (κ3) is 3.91. The highest BCUT2D eigenvalue weighted by Crippen LogP contribution is 2.06. The number of hydrogen-bond donors (Lipinski definition) is 0. The summed E-state index contributed by atoms with van der Waals surface area (Å²) in [5.74, 6) is 0.718. The quantitative estimate of drug-likeness (QED) is 0.490. The van der Waals surface area contributed by atoms with Crippen molar-refractivity contribution in [1.29, 1.82) is 0 Å². The maximum absolute atomic E-state index is 3.71. The molecule has 0 radical (unpaired) electrons. The van der Waals surface area contributed by atoms with E-state index in [0.29, 0.717) is 0 Å². The van der Waals surface area contributed by atoms with Crippen LogP contribution in [-0.4, -0.2) is 0 Å². The summed E-state index contributed by atoms with van der Waals surface area (Å²) >= 11 is 0. The molecular formula is C8H16. The maximum Gasteiger partial charge on any atom is -0.0265 e. The smallest absolute Gasteiger partial charge is 0.0265 e. The molecule has 0 heterocycles. The average molecular weight is 112 g/mol. The van der Waals surface area contributed by atoms with Gasteiger partial charge in [0, 0.05) is 0 Å². The van der Waals surface area contributed by atoms with Gasteiger partial charge in [0.05, 0.1) is 0 Å². The zero-order valence-corrected chi connectivity index (χ0v) is 5.98. The number of rotatable bonds is 4. The summed E-state index contributed by atoms with van der Waals surface area (Å²) in [6.45, 7) is 8.14. The van der Waals surface area contributed by atoms with Crippen LogP contribution in [0.1, 0.15) is 33.1 Å². The van der Waals surface area contributed by atoms with Crippen molar-refractivity contribution in [3.05, 3.63) is 12.7 Å². The molecule has 0 fully saturated rings. The summed E-state index contributed by atoms with van der Waals surface area (Å²) in [6.07, 6.45) is 5.97. The Kier molecular flexibility index (Phi) is 4.73. The molecule has 0 bridgehead atoms. The lowest BCUT2D eigenvalue weighted by molar-refractivity contribution is 0.599. The van der Waals surface area contributed by atoms with Crippen molar-refractivity contribution in [1.82, 2.24) is 0 Å². The fourth-order valence-corrected chi connectivity index (χ4v) is 0.644. The lowest BCUT2D eigenvalue weighted by atomic mass is 10.1. The largest absolute Gasteiger partial charge is 0.103 e. The Morgan fingerprint density at radius 1 is 1.62 bits per heavy atom. The van der Waals surface area contributed by atoms with E-state index in [1.165, 1.54) is 19.3 Å². The van der Waals surface area contributed by atoms with Gasteiger partial charge in [-0.15, -0.1) is 6.58 Å². The van der Waals surface area contributed by atoms with E-state index >= 15 is 0 Å². The van der Waals surface area contributed by atoms with Crippen molar-refractivity contribution in [3.8, 4) is 0 Å². The highest BCUT2D eigenvalue weighted by atomic mass is 14.0. The number of allylic oxidation sites excluding steroid dienone is 1. The number of hydrogen-bond acceptors (Lipinski definition) is 0. The van der Waals surface area contributed by atoms with Gasteiger partial charge in [0.2, 0.25) is 0 Å². The molecular weight excluding hydrogens is 96.1 g/mol. The van der Waals surface area contributed by atoms with Gasteiger partial charge in [-0.05, 0) is 12.3 Å². The van der Waals surface area contributed by atoms with E-state index in [4.69, 9.17) is 0 Å². The zero-order chi connectivity index (χ0) is 6.41. The highest BCUT2D eigenvalue weighted by molar-refractivity contribution is 4.73. The molecule has 0 spiro atoms.